The van der Waals surface area contributed by atoms with E-state index in [1.165, 1.54) is 26.4 Å². The molecule has 7 nitrogen and oxygen atoms in total. The van der Waals surface area contributed by atoms with Crippen molar-refractivity contribution in [1.82, 2.24) is 0 Å². The fourth-order valence-electron chi connectivity index (χ4n) is 3.24. The molecule has 1 heterocycles. The van der Waals surface area contributed by atoms with E-state index >= 15 is 0 Å². The number of hydrogen-bond acceptors (Lipinski definition) is 7. The third-order valence-electron chi connectivity index (χ3n) is 4.86. The maximum atomic E-state index is 12.7. The van der Waals surface area contributed by atoms with E-state index in [1.807, 2.05) is 18.2 Å². The van der Waals surface area contributed by atoms with Crippen molar-refractivity contribution in [1.29, 1.82) is 0 Å². The smallest absolute Gasteiger partial charge is 0.343 e. The maximum Gasteiger partial charge on any atom is 0.343 e. The summed E-state index contributed by atoms with van der Waals surface area (Å²) >= 11 is 0. The number of ketones is 1. The van der Waals surface area contributed by atoms with E-state index in [4.69, 9.17) is 23.7 Å². The van der Waals surface area contributed by atoms with Gasteiger partial charge in [-0.25, -0.2) is 4.79 Å². The van der Waals surface area contributed by atoms with Crippen LogP contribution >= 0.6 is 0 Å². The number of Topliss-reactive ketones (excluding diaryl/α,β-unsaturated/α-hetero) is 1. The van der Waals surface area contributed by atoms with E-state index in [-0.39, 0.29) is 17.3 Å². The molecule has 0 aliphatic carbocycles. The van der Waals surface area contributed by atoms with Crippen LogP contribution in [0.5, 0.6) is 28.7 Å². The summed E-state index contributed by atoms with van der Waals surface area (Å²) in [4.78, 5) is 25.2. The van der Waals surface area contributed by atoms with Crippen molar-refractivity contribution in [2.75, 3.05) is 21.3 Å². The Morgan fingerprint density at radius 1 is 0.844 bits per heavy atom. The van der Waals surface area contributed by atoms with Gasteiger partial charge in [0.25, 0.3) is 0 Å². The Hall–Kier alpha value is -4.26. The van der Waals surface area contributed by atoms with Crippen LogP contribution in [0.3, 0.4) is 0 Å². The van der Waals surface area contributed by atoms with E-state index in [9.17, 15) is 9.59 Å². The van der Waals surface area contributed by atoms with Crippen molar-refractivity contribution in [2.24, 2.45) is 0 Å². The van der Waals surface area contributed by atoms with Gasteiger partial charge >= 0.3 is 5.97 Å². The first-order valence-electron chi connectivity index (χ1n) is 9.69. The SMILES string of the molecule is COc1cccc(/C=C2\Oc3cc(OC(=O)c4ccc(OC)c(OC)c4)ccc3C2=O)c1. The number of methoxy groups -OCH3 is 3. The molecule has 3 aromatic carbocycles. The number of rotatable bonds is 6. The second kappa shape index (κ2) is 8.85. The Balaban J connectivity index is 1.53. The van der Waals surface area contributed by atoms with E-state index in [0.717, 1.165) is 5.56 Å². The van der Waals surface area contributed by atoms with Gasteiger partial charge in [0.1, 0.15) is 17.2 Å². The summed E-state index contributed by atoms with van der Waals surface area (Å²) in [6.45, 7) is 0. The fourth-order valence-corrected chi connectivity index (χ4v) is 3.24. The van der Waals surface area contributed by atoms with Crippen LogP contribution in [0.15, 0.2) is 66.4 Å². The largest absolute Gasteiger partial charge is 0.497 e. The van der Waals surface area contributed by atoms with Gasteiger partial charge in [0.05, 0.1) is 32.5 Å². The summed E-state index contributed by atoms with van der Waals surface area (Å²) in [7, 11) is 4.57. The van der Waals surface area contributed by atoms with Gasteiger partial charge in [0.2, 0.25) is 5.78 Å². The number of ether oxygens (including phenoxy) is 5. The molecule has 1 aliphatic heterocycles. The number of hydrogen-bond donors (Lipinski definition) is 0. The zero-order valence-electron chi connectivity index (χ0n) is 17.7. The maximum absolute atomic E-state index is 12.7. The summed E-state index contributed by atoms with van der Waals surface area (Å²) in [6, 6.07) is 16.6. The summed E-state index contributed by atoms with van der Waals surface area (Å²) in [5, 5.41) is 0. The van der Waals surface area contributed by atoms with Crippen molar-refractivity contribution in [2.45, 2.75) is 0 Å². The Bertz CT molecular complexity index is 1230. The molecule has 0 saturated heterocycles. The molecule has 0 radical (unpaired) electrons. The van der Waals surface area contributed by atoms with Crippen molar-refractivity contribution in [3.63, 3.8) is 0 Å². The Morgan fingerprint density at radius 3 is 2.41 bits per heavy atom. The van der Waals surface area contributed by atoms with Crippen LogP contribution in [0.25, 0.3) is 6.08 Å². The van der Waals surface area contributed by atoms with Crippen LogP contribution < -0.4 is 23.7 Å². The molecule has 0 saturated carbocycles. The van der Waals surface area contributed by atoms with Gasteiger partial charge < -0.3 is 23.7 Å². The van der Waals surface area contributed by atoms with Crippen LogP contribution in [-0.2, 0) is 0 Å². The second-order valence-corrected chi connectivity index (χ2v) is 6.83. The molecule has 162 valence electrons. The number of allylic oxidation sites excluding steroid dienone is 1. The van der Waals surface area contributed by atoms with Crippen LogP contribution in [0.2, 0.25) is 0 Å². The van der Waals surface area contributed by atoms with E-state index in [0.29, 0.717) is 34.1 Å². The zero-order valence-corrected chi connectivity index (χ0v) is 17.7. The molecule has 4 rings (SSSR count). The van der Waals surface area contributed by atoms with E-state index < -0.39 is 5.97 Å². The van der Waals surface area contributed by atoms with Gasteiger partial charge in [-0.1, -0.05) is 12.1 Å². The highest BCUT2D eigenvalue weighted by Crippen LogP contribution is 2.35. The third-order valence-corrected chi connectivity index (χ3v) is 4.86. The molecule has 3 aromatic rings. The molecule has 0 aromatic heterocycles. The number of carbonyl (C=O) groups excluding carboxylic acids is 2. The zero-order chi connectivity index (χ0) is 22.7. The Labute approximate surface area is 184 Å². The first kappa shape index (κ1) is 21.0. The molecular formula is C25H20O7. The van der Waals surface area contributed by atoms with Crippen molar-refractivity contribution >= 4 is 17.8 Å². The lowest BCUT2D eigenvalue weighted by molar-refractivity contribution is 0.0734. The topological polar surface area (TPSA) is 80.3 Å². The minimum Gasteiger partial charge on any atom is -0.497 e. The standard InChI is InChI=1S/C25H20O7/c1-28-17-6-4-5-15(11-17)12-23-24(26)19-9-8-18(14-21(19)32-23)31-25(27)16-7-10-20(29-2)22(13-16)30-3/h4-14H,1-3H3/b23-12-. The number of esters is 1. The highest BCUT2D eigenvalue weighted by Gasteiger charge is 2.28. The van der Waals surface area contributed by atoms with Crippen LogP contribution in [0, 0.1) is 0 Å². The fraction of sp³-hybridized carbons (Fsp3) is 0.120. The monoisotopic (exact) mass is 432 g/mol. The minimum absolute atomic E-state index is 0.177. The average molecular weight is 432 g/mol. The molecule has 0 fully saturated rings. The number of carbonyl (C=O) groups is 2. The summed E-state index contributed by atoms with van der Waals surface area (Å²) in [5.41, 5.74) is 1.45. The third kappa shape index (κ3) is 4.13. The quantitative estimate of drug-likeness (QED) is 0.321. The molecule has 7 heteroatoms. The van der Waals surface area contributed by atoms with E-state index in [1.54, 1.807) is 43.5 Å². The molecule has 0 N–H and O–H groups in total. The number of benzene rings is 3. The van der Waals surface area contributed by atoms with Gasteiger partial charge in [-0.05, 0) is 54.1 Å². The predicted molar refractivity (Wildman–Crippen MR) is 117 cm³/mol. The Morgan fingerprint density at radius 2 is 1.66 bits per heavy atom. The van der Waals surface area contributed by atoms with Crippen LogP contribution in [0.1, 0.15) is 26.3 Å². The highest BCUT2D eigenvalue weighted by molar-refractivity contribution is 6.14. The van der Waals surface area contributed by atoms with Gasteiger partial charge in [-0.3, -0.25) is 4.79 Å². The van der Waals surface area contributed by atoms with Crippen molar-refractivity contribution in [3.05, 3.63) is 83.1 Å². The summed E-state index contributed by atoms with van der Waals surface area (Å²) in [6.07, 6.45) is 1.64. The average Bonchev–Trinajstić information content (AvgIpc) is 3.12. The normalized spacial score (nSPS) is 13.3. The van der Waals surface area contributed by atoms with Gasteiger partial charge in [-0.2, -0.15) is 0 Å². The summed E-state index contributed by atoms with van der Waals surface area (Å²) < 4.78 is 26.8. The minimum atomic E-state index is -0.581. The van der Waals surface area contributed by atoms with Crippen molar-refractivity contribution in [3.8, 4) is 28.7 Å². The van der Waals surface area contributed by atoms with E-state index in [2.05, 4.69) is 0 Å². The van der Waals surface area contributed by atoms with Gasteiger partial charge in [0, 0.05) is 6.07 Å². The molecule has 0 bridgehead atoms. The van der Waals surface area contributed by atoms with Crippen molar-refractivity contribution < 1.29 is 33.3 Å². The molecule has 0 atom stereocenters. The lowest BCUT2D eigenvalue weighted by atomic mass is 10.1. The Kier molecular flexibility index (Phi) is 5.81. The predicted octanol–water partition coefficient (Wildman–Crippen LogP) is 4.55. The highest BCUT2D eigenvalue weighted by atomic mass is 16.5. The lowest BCUT2D eigenvalue weighted by Crippen LogP contribution is -2.09. The molecule has 0 amide bonds. The van der Waals surface area contributed by atoms with Crippen LogP contribution in [0.4, 0.5) is 0 Å². The number of fused-ring (bicyclic) bond motifs is 1. The molecule has 1 aliphatic rings. The molecular weight excluding hydrogens is 412 g/mol. The first-order valence-corrected chi connectivity index (χ1v) is 9.69. The molecule has 32 heavy (non-hydrogen) atoms. The molecule has 0 unspecified atom stereocenters. The van der Waals surface area contributed by atoms with Crippen LogP contribution in [-0.4, -0.2) is 33.1 Å². The second-order valence-electron chi connectivity index (χ2n) is 6.83. The summed E-state index contributed by atoms with van der Waals surface area (Å²) in [5.74, 6) is 1.51. The van der Waals surface area contributed by atoms with Gasteiger partial charge in [0.15, 0.2) is 17.3 Å². The lowest BCUT2D eigenvalue weighted by Gasteiger charge is -2.10. The van der Waals surface area contributed by atoms with Gasteiger partial charge in [-0.15, -0.1) is 0 Å². The molecule has 0 spiro atoms. The first-order chi connectivity index (χ1) is 15.5.